The van der Waals surface area contributed by atoms with Gasteiger partial charge in [-0.1, -0.05) is 34.1 Å². The summed E-state index contributed by atoms with van der Waals surface area (Å²) in [4.78, 5) is 7.43. The van der Waals surface area contributed by atoms with E-state index in [0.717, 1.165) is 20.9 Å². The third-order valence-electron chi connectivity index (χ3n) is 5.57. The third-order valence-corrected chi connectivity index (χ3v) is 9.23. The first-order valence-electron chi connectivity index (χ1n) is 9.62. The van der Waals surface area contributed by atoms with Gasteiger partial charge in [-0.25, -0.2) is 13.4 Å². The van der Waals surface area contributed by atoms with Crippen molar-refractivity contribution in [1.29, 1.82) is 0 Å². The fourth-order valence-corrected chi connectivity index (χ4v) is 6.85. The zero-order chi connectivity index (χ0) is 20.6. The average molecular weight is 491 g/mol. The molecule has 152 valence electrons. The van der Waals surface area contributed by atoms with Crippen LogP contribution in [0.5, 0.6) is 0 Å². The number of nitrogens with zero attached hydrogens (tertiary/aromatic N) is 2. The Morgan fingerprint density at radius 2 is 1.83 bits per heavy atom. The van der Waals surface area contributed by atoms with E-state index in [9.17, 15) is 8.42 Å². The van der Waals surface area contributed by atoms with Gasteiger partial charge in [-0.15, -0.1) is 11.3 Å². The molecule has 29 heavy (non-hydrogen) atoms. The van der Waals surface area contributed by atoms with Gasteiger partial charge < -0.3 is 4.90 Å². The van der Waals surface area contributed by atoms with Gasteiger partial charge in [0.25, 0.3) is 0 Å². The van der Waals surface area contributed by atoms with E-state index in [1.165, 1.54) is 11.1 Å². The maximum atomic E-state index is 13.0. The number of anilines is 1. The van der Waals surface area contributed by atoms with E-state index in [4.69, 9.17) is 4.98 Å². The molecule has 7 heteroatoms. The molecule has 1 aliphatic heterocycles. The van der Waals surface area contributed by atoms with Gasteiger partial charge in [-0.05, 0) is 62.1 Å². The van der Waals surface area contributed by atoms with E-state index in [1.54, 1.807) is 29.5 Å². The van der Waals surface area contributed by atoms with Crippen molar-refractivity contribution in [3.05, 3.63) is 63.4 Å². The average Bonchev–Trinajstić information content (AvgIpc) is 3.20. The number of aromatic nitrogens is 1. The van der Waals surface area contributed by atoms with Crippen molar-refractivity contribution >= 4 is 42.2 Å². The van der Waals surface area contributed by atoms with E-state index in [2.05, 4.69) is 58.3 Å². The van der Waals surface area contributed by atoms with Gasteiger partial charge >= 0.3 is 0 Å². The van der Waals surface area contributed by atoms with E-state index >= 15 is 0 Å². The largest absolute Gasteiger partial charge is 0.348 e. The number of hydrogen-bond acceptors (Lipinski definition) is 5. The smallest absolute Gasteiger partial charge is 0.185 e. The molecule has 1 saturated heterocycles. The predicted molar refractivity (Wildman–Crippen MR) is 124 cm³/mol. The highest BCUT2D eigenvalue weighted by atomic mass is 79.9. The van der Waals surface area contributed by atoms with Crippen LogP contribution in [0, 0.1) is 13.8 Å². The molecule has 0 unspecified atom stereocenters. The molecule has 4 rings (SSSR count). The number of benzene rings is 2. The molecule has 3 aromatic rings. The number of thiazole rings is 1. The zero-order valence-corrected chi connectivity index (χ0v) is 19.6. The molecular formula is C22H23BrN2O2S2. The second-order valence-corrected chi connectivity index (χ2v) is 11.5. The van der Waals surface area contributed by atoms with Crippen LogP contribution in [0.15, 0.2) is 57.2 Å². The highest BCUT2D eigenvalue weighted by Gasteiger charge is 2.32. The molecular weight excluding hydrogens is 468 g/mol. The van der Waals surface area contributed by atoms with Crippen molar-refractivity contribution in [2.75, 3.05) is 18.0 Å². The standard InChI is InChI=1S/C22H23BrN2O2S2/c1-15-6-7-17(12-16(15)2)21-14-28-22(24-21)25-10-8-19(9-11-25)29(26,27)20-5-3-4-18(23)13-20/h3-7,12-14,19H,8-11H2,1-2H3. The van der Waals surface area contributed by atoms with Gasteiger partial charge in [0.1, 0.15) is 0 Å². The van der Waals surface area contributed by atoms with Gasteiger partial charge in [-0.2, -0.15) is 0 Å². The lowest BCUT2D eigenvalue weighted by Gasteiger charge is -2.31. The Balaban J connectivity index is 1.46. The van der Waals surface area contributed by atoms with Gasteiger partial charge in [0.15, 0.2) is 15.0 Å². The van der Waals surface area contributed by atoms with E-state index in [-0.39, 0.29) is 5.25 Å². The van der Waals surface area contributed by atoms with Gasteiger partial charge in [0.05, 0.1) is 15.8 Å². The normalized spacial score (nSPS) is 15.6. The van der Waals surface area contributed by atoms with Crippen LogP contribution in [-0.2, 0) is 9.84 Å². The summed E-state index contributed by atoms with van der Waals surface area (Å²) in [5.41, 5.74) is 4.65. The van der Waals surface area contributed by atoms with Crippen molar-refractivity contribution in [3.8, 4) is 11.3 Å². The molecule has 0 radical (unpaired) electrons. The molecule has 0 amide bonds. The number of rotatable bonds is 4. The van der Waals surface area contributed by atoms with E-state index < -0.39 is 9.84 Å². The molecule has 0 atom stereocenters. The number of aryl methyl sites for hydroxylation is 2. The quantitative estimate of drug-likeness (QED) is 0.475. The van der Waals surface area contributed by atoms with Crippen LogP contribution in [0.2, 0.25) is 0 Å². The molecule has 0 aliphatic carbocycles. The Labute approximate surface area is 184 Å². The summed E-state index contributed by atoms with van der Waals surface area (Å²) in [6.07, 6.45) is 1.24. The van der Waals surface area contributed by atoms with Crippen molar-refractivity contribution in [1.82, 2.24) is 4.98 Å². The maximum absolute atomic E-state index is 13.0. The minimum absolute atomic E-state index is 0.341. The maximum Gasteiger partial charge on any atom is 0.185 e. The molecule has 0 saturated carbocycles. The van der Waals surface area contributed by atoms with Crippen LogP contribution in [0.1, 0.15) is 24.0 Å². The van der Waals surface area contributed by atoms with Crippen molar-refractivity contribution in [2.45, 2.75) is 36.8 Å². The van der Waals surface area contributed by atoms with Gasteiger partial charge in [-0.3, -0.25) is 0 Å². The number of sulfone groups is 1. The summed E-state index contributed by atoms with van der Waals surface area (Å²) in [6.45, 7) is 5.64. The minimum atomic E-state index is -3.31. The lowest BCUT2D eigenvalue weighted by Crippen LogP contribution is -2.39. The summed E-state index contributed by atoms with van der Waals surface area (Å²) in [5.74, 6) is 0. The first-order valence-corrected chi connectivity index (χ1v) is 12.8. The fraction of sp³-hybridized carbons (Fsp3) is 0.318. The predicted octanol–water partition coefficient (Wildman–Crippen LogP) is 5.63. The molecule has 0 bridgehead atoms. The summed E-state index contributed by atoms with van der Waals surface area (Å²) in [7, 11) is -3.31. The summed E-state index contributed by atoms with van der Waals surface area (Å²) in [6, 6.07) is 13.4. The number of piperidine rings is 1. The Bertz CT molecular complexity index is 1130. The van der Waals surface area contributed by atoms with Crippen LogP contribution >= 0.6 is 27.3 Å². The summed E-state index contributed by atoms with van der Waals surface area (Å²) >= 11 is 5.00. The third kappa shape index (κ3) is 4.27. The van der Waals surface area contributed by atoms with Crippen molar-refractivity contribution < 1.29 is 8.42 Å². The van der Waals surface area contributed by atoms with Crippen molar-refractivity contribution in [3.63, 3.8) is 0 Å². The minimum Gasteiger partial charge on any atom is -0.348 e. The molecule has 0 N–H and O–H groups in total. The lowest BCUT2D eigenvalue weighted by atomic mass is 10.1. The lowest BCUT2D eigenvalue weighted by molar-refractivity contribution is 0.529. The molecule has 1 aliphatic rings. The topological polar surface area (TPSA) is 50.3 Å². The Morgan fingerprint density at radius 1 is 1.07 bits per heavy atom. The van der Waals surface area contributed by atoms with Crippen LogP contribution in [0.3, 0.4) is 0 Å². The Morgan fingerprint density at radius 3 is 2.52 bits per heavy atom. The molecule has 1 fully saturated rings. The first-order chi connectivity index (χ1) is 13.8. The fourth-order valence-electron chi connectivity index (χ4n) is 3.64. The first kappa shape index (κ1) is 20.6. The Kier molecular flexibility index (Phi) is 5.82. The van der Waals surface area contributed by atoms with Gasteiger partial charge in [0, 0.05) is 28.5 Å². The molecule has 4 nitrogen and oxygen atoms in total. The SMILES string of the molecule is Cc1ccc(-c2csc(N3CCC(S(=O)(=O)c4cccc(Br)c4)CC3)n2)cc1C. The molecule has 1 aromatic heterocycles. The van der Waals surface area contributed by atoms with Crippen LogP contribution < -0.4 is 4.90 Å². The van der Waals surface area contributed by atoms with Crippen LogP contribution in [-0.4, -0.2) is 31.7 Å². The molecule has 2 aromatic carbocycles. The molecule has 0 spiro atoms. The Hall–Kier alpha value is -1.70. The second kappa shape index (κ2) is 8.20. The monoisotopic (exact) mass is 490 g/mol. The molecule has 2 heterocycles. The number of halogens is 1. The van der Waals surface area contributed by atoms with Gasteiger partial charge in [0.2, 0.25) is 0 Å². The van der Waals surface area contributed by atoms with Crippen LogP contribution in [0.25, 0.3) is 11.3 Å². The number of hydrogen-bond donors (Lipinski definition) is 0. The van der Waals surface area contributed by atoms with Crippen LogP contribution in [0.4, 0.5) is 5.13 Å². The highest BCUT2D eigenvalue weighted by molar-refractivity contribution is 9.10. The van der Waals surface area contributed by atoms with E-state index in [0.29, 0.717) is 30.8 Å². The van der Waals surface area contributed by atoms with E-state index in [1.807, 2.05) is 6.07 Å². The highest BCUT2D eigenvalue weighted by Crippen LogP contribution is 2.32. The zero-order valence-electron chi connectivity index (χ0n) is 16.4. The van der Waals surface area contributed by atoms with Crippen molar-refractivity contribution in [2.24, 2.45) is 0 Å². The summed E-state index contributed by atoms with van der Waals surface area (Å²) in [5, 5.41) is 2.72. The summed E-state index contributed by atoms with van der Waals surface area (Å²) < 4.78 is 26.7. The second-order valence-electron chi connectivity index (χ2n) is 7.50.